The average molecular weight is 614 g/mol. The lowest BCUT2D eigenvalue weighted by molar-refractivity contribution is -0.144. The number of hydrogen-bond acceptors (Lipinski definition) is 7. The van der Waals surface area contributed by atoms with Crippen molar-refractivity contribution in [1.82, 2.24) is 25.1 Å². The van der Waals surface area contributed by atoms with Crippen LogP contribution in [-0.2, 0) is 22.3 Å². The largest absolute Gasteiger partial charge is 0.433 e. The van der Waals surface area contributed by atoms with Crippen LogP contribution in [0.5, 0.6) is 0 Å². The Hall–Kier alpha value is -3.38. The average Bonchev–Trinajstić information content (AvgIpc) is 3.34. The van der Waals surface area contributed by atoms with Crippen LogP contribution in [0.25, 0.3) is 21.5 Å². The molecule has 3 fully saturated rings. The second-order valence-electron chi connectivity index (χ2n) is 12.8. The summed E-state index contributed by atoms with van der Waals surface area (Å²) in [6, 6.07) is 4.56. The van der Waals surface area contributed by atoms with Gasteiger partial charge in [-0.1, -0.05) is 27.7 Å². The van der Waals surface area contributed by atoms with E-state index in [0.717, 1.165) is 19.0 Å². The molecule has 3 amide bonds. The smallest absolute Gasteiger partial charge is 0.338 e. The van der Waals surface area contributed by atoms with Crippen LogP contribution in [0.2, 0.25) is 0 Å². The molecule has 0 spiro atoms. The van der Waals surface area contributed by atoms with Crippen LogP contribution >= 0.6 is 11.3 Å². The molecule has 1 N–H and O–H groups in total. The Morgan fingerprint density at radius 2 is 1.88 bits per heavy atom. The van der Waals surface area contributed by atoms with Gasteiger partial charge in [0, 0.05) is 35.8 Å². The van der Waals surface area contributed by atoms with Crippen LogP contribution < -0.4 is 5.32 Å². The summed E-state index contributed by atoms with van der Waals surface area (Å²) in [6.07, 6.45) is -2.43. The number of likely N-dealkylation sites (tertiary alicyclic amines) is 2. The van der Waals surface area contributed by atoms with E-state index in [1.807, 2.05) is 13.8 Å². The maximum absolute atomic E-state index is 14.0. The van der Waals surface area contributed by atoms with Crippen LogP contribution in [-0.4, -0.2) is 63.2 Å². The number of halogens is 3. The molecule has 12 heteroatoms. The molecule has 0 aromatic carbocycles. The van der Waals surface area contributed by atoms with Crippen LogP contribution in [0.1, 0.15) is 60.6 Å². The van der Waals surface area contributed by atoms with E-state index in [9.17, 15) is 27.6 Å². The Bertz CT molecular complexity index is 1630. The van der Waals surface area contributed by atoms with Crippen LogP contribution in [0, 0.1) is 30.1 Å². The number of hydrogen-bond donors (Lipinski definition) is 1. The van der Waals surface area contributed by atoms with Gasteiger partial charge in [0.05, 0.1) is 39.9 Å². The second-order valence-corrected chi connectivity index (χ2v) is 14.0. The van der Waals surface area contributed by atoms with Gasteiger partial charge in [-0.2, -0.15) is 13.2 Å². The highest BCUT2D eigenvalue weighted by atomic mass is 32.1. The van der Waals surface area contributed by atoms with E-state index in [1.165, 1.54) is 29.4 Å². The predicted octanol–water partition coefficient (Wildman–Crippen LogP) is 5.29. The number of aryl methyl sites for hydroxylation is 1. The number of piperidine rings is 1. The number of aromatic nitrogens is 2. The van der Waals surface area contributed by atoms with E-state index in [4.69, 9.17) is 0 Å². The zero-order chi connectivity index (χ0) is 31.0. The minimum absolute atomic E-state index is 0.0433. The first-order chi connectivity index (χ1) is 20.2. The van der Waals surface area contributed by atoms with Crippen molar-refractivity contribution in [3.05, 3.63) is 46.1 Å². The van der Waals surface area contributed by atoms with Gasteiger partial charge in [0.25, 0.3) is 5.91 Å². The first-order valence-corrected chi connectivity index (χ1v) is 15.3. The molecule has 3 aliphatic rings. The number of carbonyl (C=O) groups excluding carboxylic acids is 3. The van der Waals surface area contributed by atoms with Gasteiger partial charge in [-0.25, -0.2) is 4.98 Å². The molecular weight excluding hydrogens is 579 g/mol. The van der Waals surface area contributed by atoms with Crippen molar-refractivity contribution in [1.29, 1.82) is 0 Å². The number of alkyl halides is 3. The van der Waals surface area contributed by atoms with Crippen molar-refractivity contribution < 1.29 is 27.6 Å². The fourth-order valence-electron chi connectivity index (χ4n) is 6.59. The van der Waals surface area contributed by atoms with E-state index in [1.54, 1.807) is 17.0 Å². The Morgan fingerprint density at radius 1 is 1.19 bits per heavy atom. The van der Waals surface area contributed by atoms with Gasteiger partial charge in [-0.3, -0.25) is 24.3 Å². The maximum atomic E-state index is 14.0. The van der Waals surface area contributed by atoms with E-state index in [2.05, 4.69) is 29.1 Å². The molecule has 3 aromatic rings. The third-order valence-electron chi connectivity index (χ3n) is 9.03. The van der Waals surface area contributed by atoms with Crippen molar-refractivity contribution in [2.45, 2.75) is 59.8 Å². The highest BCUT2D eigenvalue weighted by Crippen LogP contribution is 2.63. The topological polar surface area (TPSA) is 95.5 Å². The number of nitrogens with zero attached hydrogens (tertiary/aromatic N) is 4. The number of nitrogens with one attached hydrogen (secondary N) is 1. The van der Waals surface area contributed by atoms with Gasteiger partial charge in [0.15, 0.2) is 0 Å². The van der Waals surface area contributed by atoms with Gasteiger partial charge in [-0.05, 0) is 55.0 Å². The molecule has 0 bridgehead atoms. The standard InChI is InChI=1S/C31H34F3N5O3S/c1-15(2)36-12-17-7-9-38(13-17)27(40)22-16(3)10-21(31(32,33)34)37-25(22)19-6-8-35-20-11-18(43-26(19)20)14-39-28(41)23-24(29(39)42)30(23,4)5/h6,8,10-11,15,17,23-24,36H,7,9,12-14H2,1-5H3/t17-,23?,24?/m0/s1. The van der Waals surface area contributed by atoms with Gasteiger partial charge in [0.2, 0.25) is 11.8 Å². The number of fused-ring (bicyclic) bond motifs is 2. The maximum Gasteiger partial charge on any atom is 0.433 e. The van der Waals surface area contributed by atoms with E-state index < -0.39 is 11.9 Å². The Balaban J connectivity index is 1.37. The molecule has 5 heterocycles. The summed E-state index contributed by atoms with van der Waals surface area (Å²) in [5.74, 6) is -1.10. The molecular formula is C31H34F3N5O3S. The van der Waals surface area contributed by atoms with Crippen molar-refractivity contribution in [2.75, 3.05) is 19.6 Å². The molecule has 2 aliphatic heterocycles. The zero-order valence-corrected chi connectivity index (χ0v) is 25.5. The lowest BCUT2D eigenvalue weighted by Gasteiger charge is -2.21. The summed E-state index contributed by atoms with van der Waals surface area (Å²) in [5, 5.41) is 3.40. The third kappa shape index (κ3) is 5.12. The molecule has 2 unspecified atom stereocenters. The predicted molar refractivity (Wildman–Crippen MR) is 156 cm³/mol. The number of imide groups is 1. The summed E-state index contributed by atoms with van der Waals surface area (Å²) in [5.41, 5.74) is -0.247. The number of carbonyl (C=O) groups is 3. The monoisotopic (exact) mass is 613 g/mol. The molecule has 0 radical (unpaired) electrons. The van der Waals surface area contributed by atoms with E-state index in [0.29, 0.717) is 39.8 Å². The minimum atomic E-state index is -4.71. The lowest BCUT2D eigenvalue weighted by Crippen LogP contribution is -2.35. The molecule has 43 heavy (non-hydrogen) atoms. The highest BCUT2D eigenvalue weighted by Gasteiger charge is 2.72. The van der Waals surface area contributed by atoms with Crippen molar-refractivity contribution in [3.63, 3.8) is 0 Å². The highest BCUT2D eigenvalue weighted by molar-refractivity contribution is 7.19. The lowest BCUT2D eigenvalue weighted by atomic mass is 9.99. The molecule has 6 rings (SSSR count). The summed E-state index contributed by atoms with van der Waals surface area (Å²) < 4.78 is 42.4. The van der Waals surface area contributed by atoms with Crippen LogP contribution in [0.4, 0.5) is 13.2 Å². The van der Waals surface area contributed by atoms with E-state index in [-0.39, 0.29) is 64.3 Å². The molecule has 1 saturated carbocycles. The van der Waals surface area contributed by atoms with Gasteiger partial charge in [0.1, 0.15) is 5.69 Å². The molecule has 3 atom stereocenters. The normalized spacial score (nSPS) is 23.1. The molecule has 228 valence electrons. The third-order valence-corrected chi connectivity index (χ3v) is 10.2. The molecule has 8 nitrogen and oxygen atoms in total. The van der Waals surface area contributed by atoms with E-state index >= 15 is 0 Å². The summed E-state index contributed by atoms with van der Waals surface area (Å²) in [6.45, 7) is 11.3. The molecule has 2 saturated heterocycles. The Kier molecular flexibility index (Phi) is 7.15. The first-order valence-electron chi connectivity index (χ1n) is 14.5. The number of rotatable bonds is 7. The van der Waals surface area contributed by atoms with Crippen LogP contribution in [0.15, 0.2) is 24.4 Å². The number of pyridine rings is 2. The SMILES string of the molecule is Cc1cc(C(F)(F)F)nc(-c2ccnc3cc(CN4C(=O)C5C(C4=O)C5(C)C)sc23)c1C(=O)N1CC[C@@H](CNC(C)C)C1. The summed E-state index contributed by atoms with van der Waals surface area (Å²) in [4.78, 5) is 51.9. The Morgan fingerprint density at radius 3 is 2.53 bits per heavy atom. The number of amides is 3. The quantitative estimate of drug-likeness (QED) is 0.364. The van der Waals surface area contributed by atoms with Crippen LogP contribution in [0.3, 0.4) is 0 Å². The van der Waals surface area contributed by atoms with Gasteiger partial charge in [-0.15, -0.1) is 11.3 Å². The van der Waals surface area contributed by atoms with Crippen molar-refractivity contribution in [2.24, 2.45) is 23.2 Å². The summed E-state index contributed by atoms with van der Waals surface area (Å²) in [7, 11) is 0. The first kappa shape index (κ1) is 29.7. The van der Waals surface area contributed by atoms with Crippen molar-refractivity contribution >= 4 is 39.3 Å². The van der Waals surface area contributed by atoms with Crippen molar-refractivity contribution in [3.8, 4) is 11.3 Å². The molecule has 3 aromatic heterocycles. The van der Waals surface area contributed by atoms with Gasteiger partial charge >= 0.3 is 6.18 Å². The number of thiophene rings is 1. The Labute approximate surface area is 251 Å². The van der Waals surface area contributed by atoms with Gasteiger partial charge < -0.3 is 10.2 Å². The fraction of sp³-hybridized carbons (Fsp3) is 0.516. The fourth-order valence-corrected chi connectivity index (χ4v) is 7.71. The minimum Gasteiger partial charge on any atom is -0.338 e. The zero-order valence-electron chi connectivity index (χ0n) is 24.7. The molecule has 1 aliphatic carbocycles. The second kappa shape index (κ2) is 10.4. The summed E-state index contributed by atoms with van der Waals surface area (Å²) >= 11 is 1.24.